The number of halogens is 2. The second kappa shape index (κ2) is 6.34. The SMILES string of the molecule is O=C(NCC(O)c1ccsc1)c1cc(Cl)ncc1Cl. The number of nitrogens with one attached hydrogen (secondary N) is 1. The van der Waals surface area contributed by atoms with Crippen LogP contribution in [0.3, 0.4) is 0 Å². The van der Waals surface area contributed by atoms with E-state index in [0.717, 1.165) is 5.56 Å². The summed E-state index contributed by atoms with van der Waals surface area (Å²) in [5.41, 5.74) is 1.00. The average molecular weight is 317 g/mol. The minimum absolute atomic E-state index is 0.103. The number of hydrogen-bond donors (Lipinski definition) is 2. The Bertz CT molecular complexity index is 575. The Morgan fingerprint density at radius 1 is 1.53 bits per heavy atom. The molecule has 0 fully saturated rings. The Morgan fingerprint density at radius 3 is 3.00 bits per heavy atom. The topological polar surface area (TPSA) is 62.2 Å². The van der Waals surface area contributed by atoms with Crippen molar-refractivity contribution in [3.05, 3.63) is 50.4 Å². The summed E-state index contributed by atoms with van der Waals surface area (Å²) in [4.78, 5) is 15.7. The molecule has 19 heavy (non-hydrogen) atoms. The van der Waals surface area contributed by atoms with Crippen LogP contribution in [0.4, 0.5) is 0 Å². The normalized spacial score (nSPS) is 12.2. The van der Waals surface area contributed by atoms with Gasteiger partial charge in [0.05, 0.1) is 16.7 Å². The molecule has 1 amide bonds. The number of pyridine rings is 1. The standard InChI is InChI=1S/C12H10Cl2N2O2S/c13-9-4-15-11(14)3-8(9)12(18)16-5-10(17)7-1-2-19-6-7/h1-4,6,10,17H,5H2,(H,16,18). The van der Waals surface area contributed by atoms with Crippen LogP contribution < -0.4 is 5.32 Å². The second-order valence-electron chi connectivity index (χ2n) is 3.77. The second-order valence-corrected chi connectivity index (χ2v) is 5.34. The number of amides is 1. The molecule has 2 N–H and O–H groups in total. The number of aliphatic hydroxyl groups is 1. The number of aromatic nitrogens is 1. The Balaban J connectivity index is 2.00. The van der Waals surface area contributed by atoms with Gasteiger partial charge in [-0.1, -0.05) is 23.2 Å². The summed E-state index contributed by atoms with van der Waals surface area (Å²) in [5, 5.41) is 16.5. The molecule has 2 aromatic heterocycles. The van der Waals surface area contributed by atoms with E-state index in [0.29, 0.717) is 0 Å². The van der Waals surface area contributed by atoms with E-state index in [1.54, 1.807) is 6.07 Å². The first-order valence-corrected chi connectivity index (χ1v) is 7.07. The number of nitrogens with zero attached hydrogens (tertiary/aromatic N) is 1. The first kappa shape index (κ1) is 14.3. The van der Waals surface area contributed by atoms with Gasteiger partial charge in [-0.25, -0.2) is 4.98 Å². The highest BCUT2D eigenvalue weighted by molar-refractivity contribution is 7.07. The molecule has 0 spiro atoms. The van der Waals surface area contributed by atoms with E-state index in [1.807, 2.05) is 10.8 Å². The lowest BCUT2D eigenvalue weighted by molar-refractivity contribution is 0.0916. The summed E-state index contributed by atoms with van der Waals surface area (Å²) >= 11 is 13.1. The highest BCUT2D eigenvalue weighted by Crippen LogP contribution is 2.19. The van der Waals surface area contributed by atoms with Crippen molar-refractivity contribution in [2.24, 2.45) is 0 Å². The van der Waals surface area contributed by atoms with Gasteiger partial charge in [0, 0.05) is 12.7 Å². The molecule has 4 nitrogen and oxygen atoms in total. The lowest BCUT2D eigenvalue weighted by atomic mass is 10.2. The van der Waals surface area contributed by atoms with E-state index < -0.39 is 12.0 Å². The fourth-order valence-electron chi connectivity index (χ4n) is 1.45. The van der Waals surface area contributed by atoms with Crippen LogP contribution in [0.25, 0.3) is 0 Å². The predicted molar refractivity (Wildman–Crippen MR) is 75.9 cm³/mol. The van der Waals surface area contributed by atoms with Crippen LogP contribution >= 0.6 is 34.5 Å². The molecule has 0 saturated carbocycles. The third kappa shape index (κ3) is 3.67. The van der Waals surface area contributed by atoms with Crippen LogP contribution in [-0.4, -0.2) is 22.5 Å². The van der Waals surface area contributed by atoms with Gasteiger partial charge >= 0.3 is 0 Å². The molecular formula is C12H10Cl2N2O2S. The summed E-state index contributed by atoms with van der Waals surface area (Å²) in [6.45, 7) is 0.103. The highest BCUT2D eigenvalue weighted by Gasteiger charge is 2.14. The van der Waals surface area contributed by atoms with E-state index >= 15 is 0 Å². The van der Waals surface area contributed by atoms with Gasteiger partial charge in [0.1, 0.15) is 5.15 Å². The van der Waals surface area contributed by atoms with Crippen LogP contribution in [-0.2, 0) is 0 Å². The van der Waals surface area contributed by atoms with Crippen molar-refractivity contribution in [1.29, 1.82) is 0 Å². The summed E-state index contributed by atoms with van der Waals surface area (Å²) in [7, 11) is 0. The van der Waals surface area contributed by atoms with Gasteiger partial charge in [-0.2, -0.15) is 11.3 Å². The molecule has 1 unspecified atom stereocenters. The third-order valence-electron chi connectivity index (χ3n) is 2.45. The highest BCUT2D eigenvalue weighted by atomic mass is 35.5. The monoisotopic (exact) mass is 316 g/mol. The molecule has 0 aliphatic heterocycles. The molecule has 100 valence electrons. The van der Waals surface area contributed by atoms with Crippen molar-refractivity contribution >= 4 is 40.4 Å². The number of hydrogen-bond acceptors (Lipinski definition) is 4. The van der Waals surface area contributed by atoms with E-state index in [4.69, 9.17) is 23.2 Å². The molecule has 2 heterocycles. The fourth-order valence-corrected chi connectivity index (χ4v) is 2.51. The van der Waals surface area contributed by atoms with Crippen molar-refractivity contribution in [2.45, 2.75) is 6.10 Å². The van der Waals surface area contributed by atoms with E-state index in [-0.39, 0.29) is 22.3 Å². The van der Waals surface area contributed by atoms with Crippen LogP contribution in [0, 0.1) is 0 Å². The zero-order valence-electron chi connectivity index (χ0n) is 9.64. The smallest absolute Gasteiger partial charge is 0.253 e. The van der Waals surface area contributed by atoms with Gasteiger partial charge in [-0.05, 0) is 28.5 Å². The molecule has 2 aromatic rings. The van der Waals surface area contributed by atoms with Crippen molar-refractivity contribution in [2.75, 3.05) is 6.54 Å². The minimum atomic E-state index is -0.744. The molecule has 0 aromatic carbocycles. The first-order chi connectivity index (χ1) is 9.08. The zero-order valence-corrected chi connectivity index (χ0v) is 12.0. The van der Waals surface area contributed by atoms with Crippen LogP contribution in [0.2, 0.25) is 10.2 Å². The van der Waals surface area contributed by atoms with Gasteiger partial charge in [0.25, 0.3) is 5.91 Å². The van der Waals surface area contributed by atoms with Gasteiger partial charge in [-0.15, -0.1) is 0 Å². The van der Waals surface area contributed by atoms with Gasteiger partial charge in [0.15, 0.2) is 0 Å². The van der Waals surface area contributed by atoms with Crippen molar-refractivity contribution in [1.82, 2.24) is 10.3 Å². The molecule has 2 rings (SSSR count). The molecule has 0 aliphatic rings. The Kier molecular flexibility index (Phi) is 4.76. The van der Waals surface area contributed by atoms with Crippen LogP contribution in [0.5, 0.6) is 0 Å². The largest absolute Gasteiger partial charge is 0.387 e. The maximum atomic E-state index is 11.9. The summed E-state index contributed by atoms with van der Waals surface area (Å²) in [6.07, 6.45) is 0.569. The van der Waals surface area contributed by atoms with Crippen molar-refractivity contribution in [3.63, 3.8) is 0 Å². The Morgan fingerprint density at radius 2 is 2.32 bits per heavy atom. The number of aliphatic hydroxyl groups excluding tert-OH is 1. The fraction of sp³-hybridized carbons (Fsp3) is 0.167. The lowest BCUT2D eigenvalue weighted by Crippen LogP contribution is -2.28. The van der Waals surface area contributed by atoms with Crippen molar-refractivity contribution in [3.8, 4) is 0 Å². The summed E-state index contributed by atoms with van der Waals surface area (Å²) < 4.78 is 0. The van der Waals surface area contributed by atoms with E-state index in [9.17, 15) is 9.90 Å². The summed E-state index contributed by atoms with van der Waals surface area (Å²) in [5.74, 6) is -0.399. The first-order valence-electron chi connectivity index (χ1n) is 5.37. The van der Waals surface area contributed by atoms with E-state index in [2.05, 4.69) is 10.3 Å². The molecular weight excluding hydrogens is 307 g/mol. The predicted octanol–water partition coefficient (Wildman–Crippen LogP) is 2.91. The maximum absolute atomic E-state index is 11.9. The van der Waals surface area contributed by atoms with E-state index in [1.165, 1.54) is 23.6 Å². The molecule has 0 bridgehead atoms. The molecule has 0 aliphatic carbocycles. The minimum Gasteiger partial charge on any atom is -0.387 e. The number of carbonyl (C=O) groups is 1. The Labute approximate surface area is 124 Å². The van der Waals surface area contributed by atoms with Gasteiger partial charge in [-0.3, -0.25) is 4.79 Å². The maximum Gasteiger partial charge on any atom is 0.253 e. The van der Waals surface area contributed by atoms with Gasteiger partial charge < -0.3 is 10.4 Å². The molecule has 7 heteroatoms. The van der Waals surface area contributed by atoms with Gasteiger partial charge in [0.2, 0.25) is 0 Å². The quantitative estimate of drug-likeness (QED) is 0.852. The van der Waals surface area contributed by atoms with Crippen LogP contribution in [0.1, 0.15) is 22.0 Å². The lowest BCUT2D eigenvalue weighted by Gasteiger charge is -2.11. The number of rotatable bonds is 4. The number of thiophene rings is 1. The van der Waals surface area contributed by atoms with Crippen molar-refractivity contribution < 1.29 is 9.90 Å². The third-order valence-corrected chi connectivity index (χ3v) is 3.66. The number of carbonyl (C=O) groups excluding carboxylic acids is 1. The molecule has 0 saturated heterocycles. The summed E-state index contributed by atoms with van der Waals surface area (Å²) in [6, 6.07) is 3.19. The van der Waals surface area contributed by atoms with Crippen LogP contribution in [0.15, 0.2) is 29.1 Å². The Hall–Kier alpha value is -1.14. The molecule has 0 radical (unpaired) electrons. The average Bonchev–Trinajstić information content (AvgIpc) is 2.92. The zero-order chi connectivity index (χ0) is 13.8. The molecule has 1 atom stereocenters.